The monoisotopic (exact) mass is 387 g/mol. The van der Waals surface area contributed by atoms with Crippen LogP contribution in [0.5, 0.6) is 5.75 Å². The van der Waals surface area contributed by atoms with Gasteiger partial charge in [0.05, 0.1) is 19.1 Å². The Morgan fingerprint density at radius 3 is 2.15 bits per heavy atom. The molecule has 0 atom stereocenters. The fraction of sp³-hybridized carbons (Fsp3) is 0.111. The maximum absolute atomic E-state index is 12.4. The minimum atomic E-state index is -3.76. The first kappa shape index (κ1) is 19.8. The van der Waals surface area contributed by atoms with Crippen LogP contribution in [0.2, 0.25) is 0 Å². The van der Waals surface area contributed by atoms with Crippen LogP contribution in [0.15, 0.2) is 65.2 Å². The third-order valence-electron chi connectivity index (χ3n) is 3.42. The van der Waals surface area contributed by atoms with Crippen LogP contribution in [0.25, 0.3) is 0 Å². The van der Waals surface area contributed by atoms with Crippen LogP contribution in [0, 0.1) is 11.3 Å². The lowest BCUT2D eigenvalue weighted by atomic mass is 10.3. The van der Waals surface area contributed by atoms with E-state index < -0.39 is 16.0 Å². The Bertz CT molecular complexity index is 975. The third-order valence-corrected chi connectivity index (χ3v) is 4.81. The highest BCUT2D eigenvalue weighted by Crippen LogP contribution is 2.20. The molecule has 0 aliphatic carbocycles. The molecule has 2 rings (SSSR count). The number of rotatable bonds is 7. The van der Waals surface area contributed by atoms with Crippen molar-refractivity contribution >= 4 is 27.4 Å². The van der Waals surface area contributed by atoms with Crippen molar-refractivity contribution in [3.63, 3.8) is 0 Å². The quantitative estimate of drug-likeness (QED) is 0.426. The third kappa shape index (κ3) is 5.23. The van der Waals surface area contributed by atoms with Gasteiger partial charge in [0.25, 0.3) is 10.0 Å². The van der Waals surface area contributed by atoms with Crippen molar-refractivity contribution in [2.24, 2.45) is 0 Å². The Kier molecular flexibility index (Phi) is 6.41. The zero-order valence-electron chi connectivity index (χ0n) is 14.6. The second-order valence-corrected chi connectivity index (χ2v) is 6.85. The van der Waals surface area contributed by atoms with Crippen LogP contribution >= 0.6 is 0 Å². The van der Waals surface area contributed by atoms with Gasteiger partial charge in [-0.2, -0.15) is 5.26 Å². The number of carbonyl (C=O) groups is 1. The maximum atomic E-state index is 12.4. The van der Waals surface area contributed by atoms with Crippen LogP contribution in [0.3, 0.4) is 0 Å². The summed E-state index contributed by atoms with van der Waals surface area (Å²) >= 11 is 0. The smallest absolute Gasteiger partial charge is 0.350 e. The molecule has 2 N–H and O–H groups in total. The second-order valence-electron chi connectivity index (χ2n) is 5.16. The number of nitrogens with one attached hydrogen (secondary N) is 2. The molecule has 0 amide bonds. The fourth-order valence-electron chi connectivity index (χ4n) is 2.01. The summed E-state index contributed by atoms with van der Waals surface area (Å²) < 4.78 is 36.8. The van der Waals surface area contributed by atoms with Crippen molar-refractivity contribution in [1.82, 2.24) is 0 Å². The molecule has 140 valence electrons. The zero-order chi connectivity index (χ0) is 19.9. The summed E-state index contributed by atoms with van der Waals surface area (Å²) in [4.78, 5) is 11.4. The number of sulfonamides is 1. The minimum Gasteiger partial charge on any atom is -0.497 e. The van der Waals surface area contributed by atoms with E-state index in [1.807, 2.05) is 0 Å². The number of carbonyl (C=O) groups excluding carboxylic acids is 1. The molecular formula is C18H17N3O5S. The molecule has 0 bridgehead atoms. The molecule has 2 aromatic carbocycles. The van der Waals surface area contributed by atoms with E-state index in [2.05, 4.69) is 14.8 Å². The average molecular weight is 387 g/mol. The van der Waals surface area contributed by atoms with Gasteiger partial charge in [0, 0.05) is 17.6 Å². The summed E-state index contributed by atoms with van der Waals surface area (Å²) in [5.74, 6) is -0.155. The first-order valence-electron chi connectivity index (χ1n) is 7.61. The largest absolute Gasteiger partial charge is 0.497 e. The number of benzene rings is 2. The lowest BCUT2D eigenvalue weighted by Crippen LogP contribution is -2.12. The van der Waals surface area contributed by atoms with Gasteiger partial charge >= 0.3 is 5.97 Å². The molecule has 0 radical (unpaired) electrons. The van der Waals surface area contributed by atoms with Crippen molar-refractivity contribution in [3.8, 4) is 11.8 Å². The molecule has 8 nitrogen and oxygen atoms in total. The summed E-state index contributed by atoms with van der Waals surface area (Å²) in [6, 6.07) is 14.0. The second kappa shape index (κ2) is 8.73. The van der Waals surface area contributed by atoms with Gasteiger partial charge < -0.3 is 14.8 Å². The van der Waals surface area contributed by atoms with E-state index in [-0.39, 0.29) is 10.5 Å². The molecule has 0 saturated heterocycles. The molecule has 0 aliphatic heterocycles. The molecule has 0 aliphatic rings. The number of methoxy groups -OCH3 is 2. The molecule has 2 aromatic rings. The zero-order valence-corrected chi connectivity index (χ0v) is 15.4. The summed E-state index contributed by atoms with van der Waals surface area (Å²) in [7, 11) is -1.07. The van der Waals surface area contributed by atoms with Crippen molar-refractivity contribution in [1.29, 1.82) is 5.26 Å². The molecule has 0 spiro atoms. The lowest BCUT2D eigenvalue weighted by molar-refractivity contribution is -0.135. The molecule has 0 saturated carbocycles. The maximum Gasteiger partial charge on any atom is 0.350 e. The summed E-state index contributed by atoms with van der Waals surface area (Å²) in [5, 5.41) is 11.6. The normalized spacial score (nSPS) is 11.2. The predicted molar refractivity (Wildman–Crippen MR) is 99.6 cm³/mol. The van der Waals surface area contributed by atoms with E-state index in [0.717, 1.165) is 0 Å². The number of hydrogen-bond acceptors (Lipinski definition) is 7. The van der Waals surface area contributed by atoms with Gasteiger partial charge in [-0.05, 0) is 48.5 Å². The highest BCUT2D eigenvalue weighted by Gasteiger charge is 2.14. The Morgan fingerprint density at radius 1 is 1.04 bits per heavy atom. The van der Waals surface area contributed by atoms with Crippen LogP contribution in [0.1, 0.15) is 0 Å². The van der Waals surface area contributed by atoms with Crippen molar-refractivity contribution < 1.29 is 22.7 Å². The van der Waals surface area contributed by atoms with Gasteiger partial charge in [-0.15, -0.1) is 0 Å². The molecule has 0 fully saturated rings. The highest BCUT2D eigenvalue weighted by atomic mass is 32.2. The van der Waals surface area contributed by atoms with E-state index in [1.54, 1.807) is 30.3 Å². The van der Waals surface area contributed by atoms with Crippen molar-refractivity contribution in [3.05, 3.63) is 60.3 Å². The topological polar surface area (TPSA) is 118 Å². The molecule has 0 heterocycles. The Hall–Kier alpha value is -3.51. The number of anilines is 2. The highest BCUT2D eigenvalue weighted by molar-refractivity contribution is 7.92. The van der Waals surface area contributed by atoms with Crippen LogP contribution in [-0.2, 0) is 19.6 Å². The number of hydrogen-bond donors (Lipinski definition) is 2. The van der Waals surface area contributed by atoms with E-state index in [1.165, 1.54) is 44.7 Å². The standard InChI is InChI=1S/C18H17N3O5S/c1-25-16-7-3-15(4-8-16)21-27(23,24)17-9-5-14(6-10-17)20-12-13(11-19)18(22)26-2/h3-10,12,20-21H,1-2H3/b13-12+. The van der Waals surface area contributed by atoms with Gasteiger partial charge in [0.1, 0.15) is 11.8 Å². The predicted octanol–water partition coefficient (Wildman–Crippen LogP) is 2.49. The van der Waals surface area contributed by atoms with Crippen molar-refractivity contribution in [2.45, 2.75) is 4.90 Å². The minimum absolute atomic E-state index is 0.0568. The Balaban J connectivity index is 2.12. The average Bonchev–Trinajstić information content (AvgIpc) is 2.69. The van der Waals surface area contributed by atoms with Crippen LogP contribution in [-0.4, -0.2) is 28.6 Å². The fourth-order valence-corrected chi connectivity index (χ4v) is 3.06. The first-order valence-corrected chi connectivity index (χ1v) is 9.10. The molecule has 27 heavy (non-hydrogen) atoms. The van der Waals surface area contributed by atoms with Gasteiger partial charge in [-0.1, -0.05) is 0 Å². The lowest BCUT2D eigenvalue weighted by Gasteiger charge is -2.09. The summed E-state index contributed by atoms with van der Waals surface area (Å²) in [5.41, 5.74) is 0.683. The number of nitrogens with zero attached hydrogens (tertiary/aromatic N) is 1. The van der Waals surface area contributed by atoms with Gasteiger partial charge in [-0.3, -0.25) is 4.72 Å². The van der Waals surface area contributed by atoms with Crippen LogP contribution < -0.4 is 14.8 Å². The summed E-state index contributed by atoms with van der Waals surface area (Å²) in [6.45, 7) is 0. The molecule has 0 aromatic heterocycles. The number of esters is 1. The van der Waals surface area contributed by atoms with E-state index in [9.17, 15) is 13.2 Å². The van der Waals surface area contributed by atoms with E-state index in [4.69, 9.17) is 10.00 Å². The SMILES string of the molecule is COC(=O)/C(C#N)=C/Nc1ccc(S(=O)(=O)Nc2ccc(OC)cc2)cc1. The molecule has 9 heteroatoms. The van der Waals surface area contributed by atoms with Gasteiger partial charge in [0.15, 0.2) is 5.57 Å². The Morgan fingerprint density at radius 2 is 1.63 bits per heavy atom. The Labute approximate surface area is 157 Å². The van der Waals surface area contributed by atoms with Crippen LogP contribution in [0.4, 0.5) is 11.4 Å². The molecular weight excluding hydrogens is 370 g/mol. The summed E-state index contributed by atoms with van der Waals surface area (Å²) in [6.07, 6.45) is 1.19. The number of nitriles is 1. The number of ether oxygens (including phenoxy) is 2. The van der Waals surface area contributed by atoms with E-state index >= 15 is 0 Å². The van der Waals surface area contributed by atoms with Gasteiger partial charge in [0.2, 0.25) is 0 Å². The first-order chi connectivity index (χ1) is 12.9. The van der Waals surface area contributed by atoms with E-state index in [0.29, 0.717) is 17.1 Å². The van der Waals surface area contributed by atoms with Crippen molar-refractivity contribution in [2.75, 3.05) is 24.3 Å². The van der Waals surface area contributed by atoms with Gasteiger partial charge in [-0.25, -0.2) is 13.2 Å². The molecule has 0 unspecified atom stereocenters.